The zero-order valence-electron chi connectivity index (χ0n) is 12.0. The first-order valence-corrected chi connectivity index (χ1v) is 7.83. The predicted molar refractivity (Wildman–Crippen MR) is 82.7 cm³/mol. The summed E-state index contributed by atoms with van der Waals surface area (Å²) >= 11 is 6.56. The van der Waals surface area contributed by atoms with E-state index in [1.807, 2.05) is 0 Å². The van der Waals surface area contributed by atoms with Gasteiger partial charge in [-0.2, -0.15) is 13.2 Å². The zero-order valence-corrected chi connectivity index (χ0v) is 13.6. The van der Waals surface area contributed by atoms with Crippen molar-refractivity contribution in [3.05, 3.63) is 59.1 Å². The van der Waals surface area contributed by atoms with E-state index in [-0.39, 0.29) is 12.1 Å². The molecule has 1 aromatic carbocycles. The molecule has 0 amide bonds. The Bertz CT molecular complexity index is 649. The molecular weight excluding hydrogens is 352 g/mol. The average molecular weight is 365 g/mol. The first kappa shape index (κ1) is 18.0. The maximum atomic E-state index is 13.5. The Hall–Kier alpha value is -1.31. The fraction of sp³-hybridized carbons (Fsp3) is 0.267. The molecule has 1 aromatic heterocycles. The molecule has 0 aliphatic heterocycles. The maximum absolute atomic E-state index is 13.5. The van der Waals surface area contributed by atoms with Crippen molar-refractivity contribution in [2.24, 2.45) is 0 Å². The summed E-state index contributed by atoms with van der Waals surface area (Å²) in [5.41, 5.74) is 0.0700. The molecular formula is C15H13ClF4N2S. The van der Waals surface area contributed by atoms with Gasteiger partial charge in [-0.15, -0.1) is 0 Å². The van der Waals surface area contributed by atoms with Crippen LogP contribution >= 0.6 is 23.5 Å². The molecule has 124 valence electrons. The van der Waals surface area contributed by atoms with E-state index in [9.17, 15) is 17.6 Å². The summed E-state index contributed by atoms with van der Waals surface area (Å²) in [7, 11) is 0. The van der Waals surface area contributed by atoms with Crippen molar-refractivity contribution in [3.8, 4) is 0 Å². The first-order chi connectivity index (χ1) is 10.8. The van der Waals surface area contributed by atoms with Crippen LogP contribution in [0.4, 0.5) is 17.6 Å². The number of alkyl halides is 3. The number of hydrogen-bond acceptors (Lipinski definition) is 3. The van der Waals surface area contributed by atoms with Gasteiger partial charge in [0.05, 0.1) is 6.20 Å². The summed E-state index contributed by atoms with van der Waals surface area (Å²) < 4.78 is 55.0. The molecule has 2 aromatic rings. The van der Waals surface area contributed by atoms with Crippen molar-refractivity contribution >= 4 is 23.5 Å². The Balaban J connectivity index is 2.34. The summed E-state index contributed by atoms with van der Waals surface area (Å²) in [6.45, 7) is 1.71. The minimum Gasteiger partial charge on any atom is -0.260 e. The van der Waals surface area contributed by atoms with E-state index in [2.05, 4.69) is 4.98 Å². The van der Waals surface area contributed by atoms with Gasteiger partial charge >= 0.3 is 6.18 Å². The van der Waals surface area contributed by atoms with Crippen LogP contribution in [-0.2, 0) is 0 Å². The largest absolute Gasteiger partial charge is 0.408 e. The predicted octanol–water partition coefficient (Wildman–Crippen LogP) is 5.51. The topological polar surface area (TPSA) is 16.1 Å². The summed E-state index contributed by atoms with van der Waals surface area (Å²) in [5.74, 6) is -0.596. The third kappa shape index (κ3) is 4.83. The van der Waals surface area contributed by atoms with Crippen LogP contribution in [-0.4, -0.2) is 22.0 Å². The number of halogens is 5. The Morgan fingerprint density at radius 3 is 2.39 bits per heavy atom. The summed E-state index contributed by atoms with van der Waals surface area (Å²) in [4.78, 5) is 3.96. The van der Waals surface area contributed by atoms with Crippen LogP contribution in [0.1, 0.15) is 18.5 Å². The normalized spacial score (nSPS) is 13.3. The van der Waals surface area contributed by atoms with Gasteiger partial charge in [0.15, 0.2) is 0 Å². The highest BCUT2D eigenvalue weighted by atomic mass is 35.5. The number of hydrogen-bond donors (Lipinski definition) is 0. The molecule has 0 spiro atoms. The number of nitrogens with zero attached hydrogens (tertiary/aromatic N) is 2. The van der Waals surface area contributed by atoms with Crippen LogP contribution < -0.4 is 0 Å². The van der Waals surface area contributed by atoms with E-state index >= 15 is 0 Å². The number of benzene rings is 1. The molecule has 8 heteroatoms. The monoisotopic (exact) mass is 364 g/mol. The molecule has 0 bridgehead atoms. The Kier molecular flexibility index (Phi) is 5.89. The molecule has 2 nitrogen and oxygen atoms in total. The van der Waals surface area contributed by atoms with Crippen LogP contribution in [0.25, 0.3) is 0 Å². The maximum Gasteiger partial charge on any atom is 0.408 e. The first-order valence-electron chi connectivity index (χ1n) is 6.68. The van der Waals surface area contributed by atoms with Crippen LogP contribution in [0.3, 0.4) is 0 Å². The van der Waals surface area contributed by atoms with Crippen LogP contribution in [0.15, 0.2) is 47.6 Å². The fourth-order valence-electron chi connectivity index (χ4n) is 2.04. The molecule has 1 heterocycles. The highest BCUT2D eigenvalue weighted by Crippen LogP contribution is 2.42. The van der Waals surface area contributed by atoms with Gasteiger partial charge < -0.3 is 0 Å². The van der Waals surface area contributed by atoms with E-state index in [1.54, 1.807) is 6.92 Å². The number of rotatable bonds is 5. The minimum absolute atomic E-state index is 0.0700. The summed E-state index contributed by atoms with van der Waals surface area (Å²) in [6, 6.07) is 4.82. The number of pyridine rings is 1. The van der Waals surface area contributed by atoms with E-state index in [4.69, 9.17) is 11.6 Å². The van der Waals surface area contributed by atoms with Gasteiger partial charge in [0.2, 0.25) is 0 Å². The third-order valence-electron chi connectivity index (χ3n) is 3.00. The van der Waals surface area contributed by atoms with Gasteiger partial charge in [-0.1, -0.05) is 30.7 Å². The van der Waals surface area contributed by atoms with E-state index in [0.29, 0.717) is 9.92 Å². The summed E-state index contributed by atoms with van der Waals surface area (Å²) in [6.07, 6.45) is -2.16. The molecule has 0 saturated heterocycles. The Morgan fingerprint density at radius 2 is 1.87 bits per heavy atom. The standard InChI is InChI=1S/C15H13ClF4N2S/c1-2-22(23-13-7-12(17)8-21-9-13)14(15(18,19)20)10-3-5-11(16)6-4-10/h3-9,14H,2H2,1H3/t14-/m1/s1. The molecule has 0 N–H and O–H groups in total. The molecule has 0 unspecified atom stereocenters. The lowest BCUT2D eigenvalue weighted by atomic mass is 10.1. The molecule has 0 aliphatic rings. The molecule has 23 heavy (non-hydrogen) atoms. The van der Waals surface area contributed by atoms with E-state index in [1.165, 1.54) is 30.5 Å². The van der Waals surface area contributed by atoms with Crippen LogP contribution in [0.5, 0.6) is 0 Å². The smallest absolute Gasteiger partial charge is 0.260 e. The van der Waals surface area contributed by atoms with Crippen molar-refractivity contribution in [1.82, 2.24) is 9.29 Å². The SMILES string of the molecule is CCN(Sc1cncc(F)c1)[C@H](c1ccc(Cl)cc1)C(F)(F)F. The quantitative estimate of drug-likeness (QED) is 0.514. The van der Waals surface area contributed by atoms with Crippen LogP contribution in [0, 0.1) is 5.82 Å². The Morgan fingerprint density at radius 1 is 1.22 bits per heavy atom. The van der Waals surface area contributed by atoms with Gasteiger partial charge in [-0.05, 0) is 35.7 Å². The van der Waals surface area contributed by atoms with E-state index < -0.39 is 18.0 Å². The van der Waals surface area contributed by atoms with Gasteiger partial charge in [0, 0.05) is 22.7 Å². The fourth-order valence-corrected chi connectivity index (χ4v) is 3.19. The lowest BCUT2D eigenvalue weighted by Crippen LogP contribution is -2.34. The Labute approximate surface area is 140 Å². The highest BCUT2D eigenvalue weighted by molar-refractivity contribution is 7.97. The van der Waals surface area contributed by atoms with Crippen molar-refractivity contribution < 1.29 is 17.6 Å². The van der Waals surface area contributed by atoms with E-state index in [0.717, 1.165) is 28.5 Å². The highest BCUT2D eigenvalue weighted by Gasteiger charge is 2.44. The molecule has 0 fully saturated rings. The zero-order chi connectivity index (χ0) is 17.0. The molecule has 1 atom stereocenters. The lowest BCUT2D eigenvalue weighted by Gasteiger charge is -2.31. The molecule has 0 aliphatic carbocycles. The van der Waals surface area contributed by atoms with Gasteiger partial charge in [-0.25, -0.2) is 8.70 Å². The lowest BCUT2D eigenvalue weighted by molar-refractivity contribution is -0.172. The summed E-state index contributed by atoms with van der Waals surface area (Å²) in [5, 5.41) is 0.361. The van der Waals surface area contributed by atoms with Crippen molar-refractivity contribution in [2.75, 3.05) is 6.54 Å². The van der Waals surface area contributed by atoms with Gasteiger partial charge in [0.25, 0.3) is 0 Å². The second kappa shape index (κ2) is 7.51. The van der Waals surface area contributed by atoms with Gasteiger partial charge in [0.1, 0.15) is 11.9 Å². The van der Waals surface area contributed by atoms with Crippen LogP contribution in [0.2, 0.25) is 5.02 Å². The second-order valence-electron chi connectivity index (χ2n) is 4.66. The second-order valence-corrected chi connectivity index (χ2v) is 6.22. The average Bonchev–Trinajstić information content (AvgIpc) is 2.47. The molecule has 0 radical (unpaired) electrons. The molecule has 0 saturated carbocycles. The number of aromatic nitrogens is 1. The van der Waals surface area contributed by atoms with Crippen molar-refractivity contribution in [1.29, 1.82) is 0 Å². The third-order valence-corrected chi connectivity index (χ3v) is 4.39. The van der Waals surface area contributed by atoms with Crippen molar-refractivity contribution in [2.45, 2.75) is 24.0 Å². The van der Waals surface area contributed by atoms with Gasteiger partial charge in [-0.3, -0.25) is 4.98 Å². The minimum atomic E-state index is -4.49. The van der Waals surface area contributed by atoms with Crippen molar-refractivity contribution in [3.63, 3.8) is 0 Å². The molecule has 2 rings (SSSR count).